The number of carbonyl (C=O) groups is 1. The Labute approximate surface area is 178 Å². The van der Waals surface area contributed by atoms with Crippen LogP contribution in [-0.2, 0) is 21.2 Å². The van der Waals surface area contributed by atoms with Gasteiger partial charge in [-0.25, -0.2) is 8.42 Å². The maximum Gasteiger partial charge on any atom is 0.242 e. The molecule has 2 rings (SSSR count). The molecule has 0 saturated carbocycles. The fraction of sp³-hybridized carbons (Fsp3) is 0.409. The van der Waals surface area contributed by atoms with Crippen LogP contribution in [0.25, 0.3) is 0 Å². The summed E-state index contributed by atoms with van der Waals surface area (Å²) in [5.41, 5.74) is 2.87. The van der Waals surface area contributed by atoms with Crippen molar-refractivity contribution in [2.75, 3.05) is 17.3 Å². The Morgan fingerprint density at radius 2 is 1.72 bits per heavy atom. The molecule has 2 N–H and O–H groups in total. The number of sulfonamides is 1. The van der Waals surface area contributed by atoms with E-state index in [-0.39, 0.29) is 10.8 Å². The zero-order chi connectivity index (χ0) is 21.3. The molecule has 29 heavy (non-hydrogen) atoms. The molecule has 0 bridgehead atoms. The lowest BCUT2D eigenvalue weighted by molar-refractivity contribution is -0.117. The number of amides is 1. The van der Waals surface area contributed by atoms with E-state index in [9.17, 15) is 13.2 Å². The Balaban J connectivity index is 2.09. The number of hydrogen-bond donors (Lipinski definition) is 2. The number of carbonyl (C=O) groups excluding carboxylic acids is 1. The zero-order valence-electron chi connectivity index (χ0n) is 17.3. The molecular weight excluding hydrogens is 404 g/mol. The predicted octanol–water partition coefficient (Wildman–Crippen LogP) is 4.38. The lowest BCUT2D eigenvalue weighted by atomic mass is 10.1. The van der Waals surface area contributed by atoms with Crippen LogP contribution in [0.2, 0.25) is 0 Å². The number of nitrogens with one attached hydrogen (secondary N) is 2. The van der Waals surface area contributed by atoms with Crippen LogP contribution in [0.5, 0.6) is 0 Å². The third kappa shape index (κ3) is 7.49. The number of thioether (sulfide) groups is 1. The summed E-state index contributed by atoms with van der Waals surface area (Å²) in [5.74, 6) is 0.320. The van der Waals surface area contributed by atoms with Gasteiger partial charge in [0.2, 0.25) is 15.9 Å². The molecule has 7 heteroatoms. The minimum Gasteiger partial charge on any atom is -0.325 e. The van der Waals surface area contributed by atoms with Gasteiger partial charge < -0.3 is 5.32 Å². The largest absolute Gasteiger partial charge is 0.325 e. The maximum absolute atomic E-state index is 12.8. The topological polar surface area (TPSA) is 75.3 Å². The van der Waals surface area contributed by atoms with Crippen LogP contribution in [0.1, 0.15) is 37.3 Å². The fourth-order valence-electron chi connectivity index (χ4n) is 2.82. The quantitative estimate of drug-likeness (QED) is 0.550. The van der Waals surface area contributed by atoms with Crippen molar-refractivity contribution in [2.45, 2.75) is 50.5 Å². The molecule has 0 aromatic heterocycles. The zero-order valence-corrected chi connectivity index (χ0v) is 18.9. The van der Waals surface area contributed by atoms with Crippen LogP contribution in [0.4, 0.5) is 5.69 Å². The number of hydrogen-bond acceptors (Lipinski definition) is 4. The molecule has 158 valence electrons. The monoisotopic (exact) mass is 434 g/mol. The first kappa shape index (κ1) is 23.4. The lowest BCUT2D eigenvalue weighted by Gasteiger charge is -2.18. The lowest BCUT2D eigenvalue weighted by Crippen LogP contribution is -2.44. The van der Waals surface area contributed by atoms with Gasteiger partial charge >= 0.3 is 0 Å². The second kappa shape index (κ2) is 11.4. The number of anilines is 1. The SMILES string of the molecule is CCCCc1ccc(NC(=O)C(CCSC)NS(=O)(=O)c2ccc(C)cc2)cc1. The van der Waals surface area contributed by atoms with Gasteiger partial charge in [0, 0.05) is 5.69 Å². The molecule has 0 aliphatic rings. The summed E-state index contributed by atoms with van der Waals surface area (Å²) >= 11 is 1.57. The molecule has 1 amide bonds. The van der Waals surface area contributed by atoms with Crippen molar-refractivity contribution in [3.63, 3.8) is 0 Å². The molecule has 2 aromatic rings. The summed E-state index contributed by atoms with van der Waals surface area (Å²) in [5, 5.41) is 2.84. The molecule has 1 unspecified atom stereocenters. The Hall–Kier alpha value is -1.83. The molecule has 0 radical (unpaired) electrons. The van der Waals surface area contributed by atoms with Gasteiger partial charge in [-0.2, -0.15) is 16.5 Å². The molecule has 0 aliphatic heterocycles. The normalized spacial score (nSPS) is 12.5. The van der Waals surface area contributed by atoms with E-state index in [0.717, 1.165) is 24.8 Å². The molecule has 0 spiro atoms. The van der Waals surface area contributed by atoms with Gasteiger partial charge in [-0.15, -0.1) is 0 Å². The third-order valence-corrected chi connectivity index (χ3v) is 6.73. The van der Waals surface area contributed by atoms with Crippen LogP contribution in [0.3, 0.4) is 0 Å². The van der Waals surface area contributed by atoms with Crippen molar-refractivity contribution in [1.82, 2.24) is 4.72 Å². The van der Waals surface area contributed by atoms with Crippen LogP contribution < -0.4 is 10.0 Å². The van der Waals surface area contributed by atoms with E-state index in [4.69, 9.17) is 0 Å². The fourth-order valence-corrected chi connectivity index (χ4v) is 4.52. The predicted molar refractivity (Wildman–Crippen MR) is 122 cm³/mol. The highest BCUT2D eigenvalue weighted by Gasteiger charge is 2.25. The first-order chi connectivity index (χ1) is 13.9. The maximum atomic E-state index is 12.8. The van der Waals surface area contributed by atoms with Gasteiger partial charge in [-0.1, -0.05) is 43.2 Å². The molecule has 0 heterocycles. The second-order valence-corrected chi connectivity index (χ2v) is 9.76. The number of unbranched alkanes of at least 4 members (excludes halogenated alkanes) is 1. The van der Waals surface area contributed by atoms with Gasteiger partial charge in [0.1, 0.15) is 6.04 Å². The van der Waals surface area contributed by atoms with Crippen LogP contribution in [0.15, 0.2) is 53.4 Å². The standard InChI is InChI=1S/C22H30N2O3S2/c1-4-5-6-18-9-11-19(12-10-18)23-22(25)21(15-16-28-3)24-29(26,27)20-13-7-17(2)8-14-20/h7-14,21,24H,4-6,15-16H2,1-3H3,(H,23,25). The Bertz CT molecular complexity index is 879. The van der Waals surface area contributed by atoms with Crippen molar-refractivity contribution in [3.05, 3.63) is 59.7 Å². The van der Waals surface area contributed by atoms with E-state index in [1.807, 2.05) is 37.4 Å². The van der Waals surface area contributed by atoms with Crippen molar-refractivity contribution >= 4 is 33.4 Å². The molecule has 5 nitrogen and oxygen atoms in total. The number of benzene rings is 2. The average molecular weight is 435 g/mol. The van der Waals surface area contributed by atoms with Crippen LogP contribution >= 0.6 is 11.8 Å². The van der Waals surface area contributed by atoms with Crippen molar-refractivity contribution in [2.24, 2.45) is 0 Å². The minimum atomic E-state index is -3.78. The Morgan fingerprint density at radius 1 is 1.07 bits per heavy atom. The first-order valence-electron chi connectivity index (χ1n) is 9.83. The van der Waals surface area contributed by atoms with E-state index in [2.05, 4.69) is 17.0 Å². The van der Waals surface area contributed by atoms with Gasteiger partial charge in [-0.3, -0.25) is 4.79 Å². The van der Waals surface area contributed by atoms with Crippen LogP contribution in [-0.4, -0.2) is 32.4 Å². The van der Waals surface area contributed by atoms with Gasteiger partial charge in [0.05, 0.1) is 4.90 Å². The highest BCUT2D eigenvalue weighted by atomic mass is 32.2. The minimum absolute atomic E-state index is 0.158. The number of rotatable bonds is 11. The summed E-state index contributed by atoms with van der Waals surface area (Å²) in [6.45, 7) is 4.05. The number of aryl methyl sites for hydroxylation is 2. The molecule has 0 saturated heterocycles. The van der Waals surface area contributed by atoms with Gasteiger partial charge in [0.25, 0.3) is 0 Å². The van der Waals surface area contributed by atoms with E-state index in [1.54, 1.807) is 36.0 Å². The van der Waals surface area contributed by atoms with Crippen molar-refractivity contribution < 1.29 is 13.2 Å². The molecule has 0 fully saturated rings. The van der Waals surface area contributed by atoms with Crippen LogP contribution in [0, 0.1) is 6.92 Å². The smallest absolute Gasteiger partial charge is 0.242 e. The highest BCUT2D eigenvalue weighted by Crippen LogP contribution is 2.15. The molecule has 2 aromatic carbocycles. The Kier molecular flexibility index (Phi) is 9.20. The van der Waals surface area contributed by atoms with E-state index in [1.165, 1.54) is 5.56 Å². The Morgan fingerprint density at radius 3 is 2.31 bits per heavy atom. The van der Waals surface area contributed by atoms with E-state index in [0.29, 0.717) is 17.9 Å². The van der Waals surface area contributed by atoms with Gasteiger partial charge in [0.15, 0.2) is 0 Å². The molecular formula is C22H30N2O3S2. The van der Waals surface area contributed by atoms with E-state index < -0.39 is 16.1 Å². The first-order valence-corrected chi connectivity index (χ1v) is 12.7. The van der Waals surface area contributed by atoms with Crippen molar-refractivity contribution in [1.29, 1.82) is 0 Å². The summed E-state index contributed by atoms with van der Waals surface area (Å²) in [7, 11) is -3.78. The summed E-state index contributed by atoms with van der Waals surface area (Å²) in [6.07, 6.45) is 5.61. The third-order valence-electron chi connectivity index (χ3n) is 4.60. The van der Waals surface area contributed by atoms with Gasteiger partial charge in [-0.05, 0) is 68.0 Å². The van der Waals surface area contributed by atoms with Crippen molar-refractivity contribution in [3.8, 4) is 0 Å². The second-order valence-electron chi connectivity index (χ2n) is 7.06. The van der Waals surface area contributed by atoms with E-state index >= 15 is 0 Å². The highest BCUT2D eigenvalue weighted by molar-refractivity contribution is 7.98. The molecule has 1 atom stereocenters. The summed E-state index contributed by atoms with van der Waals surface area (Å²) in [4.78, 5) is 12.9. The summed E-state index contributed by atoms with van der Waals surface area (Å²) in [6, 6.07) is 13.5. The average Bonchev–Trinajstić information content (AvgIpc) is 2.70. The molecule has 0 aliphatic carbocycles. The summed E-state index contributed by atoms with van der Waals surface area (Å²) < 4.78 is 28.0.